The number of hydrogen-bond donors (Lipinski definition) is 0. The highest BCUT2D eigenvalue weighted by atomic mass is 16.1. The standard InChI is InChI=1S/C8H11N3O/c1-3-11-5-9-4-8(11)7(2)10-6-12/h4-5,7H,3H2,1-2H3. The summed E-state index contributed by atoms with van der Waals surface area (Å²) in [5.74, 6) is 0. The summed E-state index contributed by atoms with van der Waals surface area (Å²) in [5.41, 5.74) is 0.945. The van der Waals surface area contributed by atoms with Gasteiger partial charge >= 0.3 is 0 Å². The van der Waals surface area contributed by atoms with E-state index < -0.39 is 0 Å². The van der Waals surface area contributed by atoms with Gasteiger partial charge in [0.2, 0.25) is 6.08 Å². The minimum Gasteiger partial charge on any atom is -0.333 e. The van der Waals surface area contributed by atoms with Gasteiger partial charge in [0.25, 0.3) is 0 Å². The monoisotopic (exact) mass is 165 g/mol. The highest BCUT2D eigenvalue weighted by Crippen LogP contribution is 2.14. The van der Waals surface area contributed by atoms with Gasteiger partial charge in [0.05, 0.1) is 18.2 Å². The van der Waals surface area contributed by atoms with Crippen molar-refractivity contribution in [2.45, 2.75) is 26.4 Å². The first kappa shape index (κ1) is 8.68. The molecule has 0 amide bonds. The number of aliphatic imine (C=N–C) groups is 1. The SMILES string of the molecule is CCn1cncc1C(C)N=C=O. The van der Waals surface area contributed by atoms with Crippen LogP contribution in [0.15, 0.2) is 17.5 Å². The molecule has 0 aliphatic heterocycles. The molecule has 64 valence electrons. The van der Waals surface area contributed by atoms with Crippen LogP contribution >= 0.6 is 0 Å². The van der Waals surface area contributed by atoms with Crippen molar-refractivity contribution in [2.24, 2.45) is 4.99 Å². The van der Waals surface area contributed by atoms with Gasteiger partial charge in [-0.2, -0.15) is 4.99 Å². The quantitative estimate of drug-likeness (QED) is 0.500. The molecule has 0 bridgehead atoms. The van der Waals surface area contributed by atoms with E-state index in [1.807, 2.05) is 18.4 Å². The molecule has 0 fully saturated rings. The number of nitrogens with zero attached hydrogens (tertiary/aromatic N) is 3. The topological polar surface area (TPSA) is 47.2 Å². The molecule has 0 aliphatic rings. The van der Waals surface area contributed by atoms with E-state index in [1.54, 1.807) is 18.6 Å². The first-order valence-corrected chi connectivity index (χ1v) is 3.86. The van der Waals surface area contributed by atoms with E-state index in [0.717, 1.165) is 12.2 Å². The molecule has 0 aliphatic carbocycles. The van der Waals surface area contributed by atoms with E-state index in [-0.39, 0.29) is 6.04 Å². The van der Waals surface area contributed by atoms with Crippen molar-refractivity contribution in [1.29, 1.82) is 0 Å². The molecule has 0 radical (unpaired) electrons. The van der Waals surface area contributed by atoms with Gasteiger partial charge in [0.15, 0.2) is 0 Å². The lowest BCUT2D eigenvalue weighted by Crippen LogP contribution is -2.01. The fraction of sp³-hybridized carbons (Fsp3) is 0.500. The molecule has 1 unspecified atom stereocenters. The lowest BCUT2D eigenvalue weighted by Gasteiger charge is -2.06. The zero-order valence-corrected chi connectivity index (χ0v) is 7.19. The van der Waals surface area contributed by atoms with Crippen LogP contribution in [-0.2, 0) is 11.3 Å². The van der Waals surface area contributed by atoms with Crippen molar-refractivity contribution in [2.75, 3.05) is 0 Å². The van der Waals surface area contributed by atoms with Gasteiger partial charge in [0, 0.05) is 6.54 Å². The van der Waals surface area contributed by atoms with E-state index in [2.05, 4.69) is 9.98 Å². The average Bonchev–Trinajstić information content (AvgIpc) is 2.51. The van der Waals surface area contributed by atoms with Crippen LogP contribution in [0.1, 0.15) is 25.6 Å². The molecule has 1 atom stereocenters. The van der Waals surface area contributed by atoms with Gasteiger partial charge in [-0.1, -0.05) is 0 Å². The van der Waals surface area contributed by atoms with Gasteiger partial charge in [-0.15, -0.1) is 0 Å². The largest absolute Gasteiger partial charge is 0.333 e. The van der Waals surface area contributed by atoms with Gasteiger partial charge in [0.1, 0.15) is 6.04 Å². The molecule has 0 saturated carbocycles. The Morgan fingerprint density at radius 3 is 3.17 bits per heavy atom. The smallest absolute Gasteiger partial charge is 0.235 e. The number of hydrogen-bond acceptors (Lipinski definition) is 3. The zero-order chi connectivity index (χ0) is 8.97. The minimum atomic E-state index is -0.148. The number of rotatable bonds is 3. The Morgan fingerprint density at radius 2 is 2.58 bits per heavy atom. The molecule has 1 aromatic rings. The number of aromatic nitrogens is 2. The summed E-state index contributed by atoms with van der Waals surface area (Å²) in [6.07, 6.45) is 4.99. The molecule has 12 heavy (non-hydrogen) atoms. The summed E-state index contributed by atoms with van der Waals surface area (Å²) in [4.78, 5) is 17.6. The van der Waals surface area contributed by atoms with Crippen molar-refractivity contribution in [3.8, 4) is 0 Å². The van der Waals surface area contributed by atoms with E-state index in [1.165, 1.54) is 0 Å². The summed E-state index contributed by atoms with van der Waals surface area (Å²) >= 11 is 0. The molecular weight excluding hydrogens is 154 g/mol. The van der Waals surface area contributed by atoms with E-state index in [4.69, 9.17) is 0 Å². The van der Waals surface area contributed by atoms with Crippen LogP contribution in [-0.4, -0.2) is 15.6 Å². The van der Waals surface area contributed by atoms with Crippen LogP contribution in [0.5, 0.6) is 0 Å². The van der Waals surface area contributed by atoms with Crippen molar-refractivity contribution < 1.29 is 4.79 Å². The fourth-order valence-corrected chi connectivity index (χ4v) is 1.09. The molecule has 0 N–H and O–H groups in total. The molecule has 0 saturated heterocycles. The molecule has 4 nitrogen and oxygen atoms in total. The molecule has 4 heteroatoms. The highest BCUT2D eigenvalue weighted by molar-refractivity contribution is 5.34. The van der Waals surface area contributed by atoms with Gasteiger partial charge in [-0.25, -0.2) is 9.78 Å². The fourth-order valence-electron chi connectivity index (χ4n) is 1.09. The number of carbonyl (C=O) groups excluding carboxylic acids is 1. The third-order valence-electron chi connectivity index (χ3n) is 1.76. The third kappa shape index (κ3) is 1.60. The predicted octanol–water partition coefficient (Wildman–Crippen LogP) is 1.30. The second kappa shape index (κ2) is 3.83. The van der Waals surface area contributed by atoms with Gasteiger partial charge in [-0.05, 0) is 13.8 Å². The summed E-state index contributed by atoms with van der Waals surface area (Å²) in [5, 5.41) is 0. The van der Waals surface area contributed by atoms with Crippen molar-refractivity contribution >= 4 is 6.08 Å². The second-order valence-electron chi connectivity index (χ2n) is 2.50. The van der Waals surface area contributed by atoms with Gasteiger partial charge < -0.3 is 4.57 Å². The predicted molar refractivity (Wildman–Crippen MR) is 44.4 cm³/mol. The van der Waals surface area contributed by atoms with Crippen molar-refractivity contribution in [3.05, 3.63) is 18.2 Å². The van der Waals surface area contributed by atoms with Crippen LogP contribution in [0.25, 0.3) is 0 Å². The van der Waals surface area contributed by atoms with E-state index >= 15 is 0 Å². The maximum absolute atomic E-state index is 9.99. The first-order valence-electron chi connectivity index (χ1n) is 3.86. The molecule has 1 rings (SSSR count). The first-order chi connectivity index (χ1) is 5.79. The normalized spacial score (nSPS) is 12.2. The molecular formula is C8H11N3O. The average molecular weight is 165 g/mol. The van der Waals surface area contributed by atoms with Crippen molar-refractivity contribution in [1.82, 2.24) is 9.55 Å². The molecule has 1 aromatic heterocycles. The van der Waals surface area contributed by atoms with Crippen molar-refractivity contribution in [3.63, 3.8) is 0 Å². The maximum Gasteiger partial charge on any atom is 0.235 e. The summed E-state index contributed by atoms with van der Waals surface area (Å²) in [6, 6.07) is -0.148. The molecule has 0 spiro atoms. The Bertz CT molecular complexity index is 299. The van der Waals surface area contributed by atoms with E-state index in [0.29, 0.717) is 0 Å². The number of aryl methyl sites for hydroxylation is 1. The minimum absolute atomic E-state index is 0.148. The summed E-state index contributed by atoms with van der Waals surface area (Å²) in [6.45, 7) is 4.70. The Kier molecular flexibility index (Phi) is 2.77. The zero-order valence-electron chi connectivity index (χ0n) is 7.19. The summed E-state index contributed by atoms with van der Waals surface area (Å²) in [7, 11) is 0. The van der Waals surface area contributed by atoms with Crippen LogP contribution in [0.3, 0.4) is 0 Å². The van der Waals surface area contributed by atoms with Crippen LogP contribution < -0.4 is 0 Å². The number of isocyanates is 1. The summed E-state index contributed by atoms with van der Waals surface area (Å²) < 4.78 is 1.95. The van der Waals surface area contributed by atoms with Gasteiger partial charge in [-0.3, -0.25) is 0 Å². The lowest BCUT2D eigenvalue weighted by molar-refractivity contribution is 0.556. The lowest BCUT2D eigenvalue weighted by atomic mass is 10.2. The molecule has 0 aromatic carbocycles. The Labute approximate surface area is 71.0 Å². The highest BCUT2D eigenvalue weighted by Gasteiger charge is 2.07. The van der Waals surface area contributed by atoms with Crippen LogP contribution in [0.2, 0.25) is 0 Å². The van der Waals surface area contributed by atoms with E-state index in [9.17, 15) is 4.79 Å². The molecule has 1 heterocycles. The Morgan fingerprint density at radius 1 is 1.83 bits per heavy atom. The number of imidazole rings is 1. The third-order valence-corrected chi connectivity index (χ3v) is 1.76. The van der Waals surface area contributed by atoms with Crippen LogP contribution in [0.4, 0.5) is 0 Å². The maximum atomic E-state index is 9.99. The van der Waals surface area contributed by atoms with Crippen LogP contribution in [0, 0.1) is 0 Å². The Balaban J connectivity index is 2.92. The Hall–Kier alpha value is -1.41. The second-order valence-corrected chi connectivity index (χ2v) is 2.50.